The first-order valence-corrected chi connectivity index (χ1v) is 7.28. The summed E-state index contributed by atoms with van der Waals surface area (Å²) in [6, 6.07) is 13.5. The number of imidazole rings is 1. The third-order valence-electron chi connectivity index (χ3n) is 3.25. The molecule has 0 bridgehead atoms. The van der Waals surface area contributed by atoms with Crippen LogP contribution in [0.1, 0.15) is 5.56 Å². The van der Waals surface area contributed by atoms with Gasteiger partial charge in [0.15, 0.2) is 0 Å². The number of carboxylic acids is 1. The van der Waals surface area contributed by atoms with E-state index in [0.29, 0.717) is 5.82 Å². The van der Waals surface area contributed by atoms with Crippen LogP contribution in [0.3, 0.4) is 0 Å². The zero-order valence-electron chi connectivity index (χ0n) is 11.4. The van der Waals surface area contributed by atoms with Crippen LogP contribution in [0.25, 0.3) is 22.4 Å². The van der Waals surface area contributed by atoms with Gasteiger partial charge in [-0.25, -0.2) is 4.98 Å². The van der Waals surface area contributed by atoms with Crippen LogP contribution in [0.15, 0.2) is 46.9 Å². The number of para-hydroxylation sites is 2. The Bertz CT molecular complexity index is 819. The second-order valence-corrected chi connectivity index (χ2v) is 5.84. The van der Waals surface area contributed by atoms with Crippen molar-refractivity contribution in [1.29, 1.82) is 0 Å². The molecular weight excluding hydrogens is 332 g/mol. The van der Waals surface area contributed by atoms with E-state index in [4.69, 9.17) is 5.11 Å². The molecule has 0 saturated heterocycles. The zero-order valence-corrected chi connectivity index (χ0v) is 13.0. The van der Waals surface area contributed by atoms with Gasteiger partial charge in [0.05, 0.1) is 11.0 Å². The van der Waals surface area contributed by atoms with Gasteiger partial charge < -0.3 is 9.67 Å². The lowest BCUT2D eigenvalue weighted by atomic mass is 10.1. The maximum atomic E-state index is 11.2. The molecule has 0 spiro atoms. The molecular formula is C16H13BrN2O2. The maximum absolute atomic E-state index is 11.2. The summed E-state index contributed by atoms with van der Waals surface area (Å²) in [5, 5.41) is 9.17. The Balaban J connectivity index is 2.27. The second kappa shape index (κ2) is 5.33. The molecule has 0 amide bonds. The summed E-state index contributed by atoms with van der Waals surface area (Å²) >= 11 is 3.48. The van der Waals surface area contributed by atoms with E-state index < -0.39 is 5.97 Å². The molecule has 1 N–H and O–H groups in total. The number of aliphatic carboxylic acids is 1. The van der Waals surface area contributed by atoms with Crippen LogP contribution in [0.5, 0.6) is 0 Å². The number of aromatic nitrogens is 2. The number of aryl methyl sites for hydroxylation is 1. The Morgan fingerprint density at radius 3 is 2.76 bits per heavy atom. The molecule has 3 rings (SSSR count). The summed E-state index contributed by atoms with van der Waals surface area (Å²) < 4.78 is 2.69. The largest absolute Gasteiger partial charge is 0.480 e. The normalized spacial score (nSPS) is 11.0. The van der Waals surface area contributed by atoms with Gasteiger partial charge in [-0.15, -0.1) is 0 Å². The van der Waals surface area contributed by atoms with Crippen LogP contribution in [-0.4, -0.2) is 20.6 Å². The summed E-state index contributed by atoms with van der Waals surface area (Å²) in [6.07, 6.45) is 0. The predicted molar refractivity (Wildman–Crippen MR) is 85.2 cm³/mol. The molecule has 0 radical (unpaired) electrons. The van der Waals surface area contributed by atoms with E-state index in [2.05, 4.69) is 20.9 Å². The first-order chi connectivity index (χ1) is 10.0. The molecule has 2 aromatic carbocycles. The molecule has 0 aliphatic heterocycles. The summed E-state index contributed by atoms with van der Waals surface area (Å²) in [7, 11) is 0. The van der Waals surface area contributed by atoms with Crippen LogP contribution >= 0.6 is 15.9 Å². The van der Waals surface area contributed by atoms with Crippen LogP contribution in [0.2, 0.25) is 0 Å². The lowest BCUT2D eigenvalue weighted by Crippen LogP contribution is -2.10. The Labute approximate surface area is 130 Å². The number of carboxylic acid groups (broad SMARTS) is 1. The van der Waals surface area contributed by atoms with Gasteiger partial charge in [0, 0.05) is 10.0 Å². The van der Waals surface area contributed by atoms with Gasteiger partial charge in [-0.2, -0.15) is 0 Å². The quantitative estimate of drug-likeness (QED) is 0.784. The van der Waals surface area contributed by atoms with E-state index in [1.165, 1.54) is 0 Å². The summed E-state index contributed by atoms with van der Waals surface area (Å²) in [6.45, 7) is 1.89. The highest BCUT2D eigenvalue weighted by Gasteiger charge is 2.15. The molecule has 0 unspecified atom stereocenters. The molecule has 3 aromatic rings. The van der Waals surface area contributed by atoms with Crippen molar-refractivity contribution in [2.45, 2.75) is 13.5 Å². The minimum absolute atomic E-state index is 0.110. The van der Waals surface area contributed by atoms with Crippen molar-refractivity contribution < 1.29 is 9.90 Å². The summed E-state index contributed by atoms with van der Waals surface area (Å²) in [4.78, 5) is 15.8. The molecule has 0 aliphatic carbocycles. The molecule has 106 valence electrons. The van der Waals surface area contributed by atoms with Crippen molar-refractivity contribution in [3.8, 4) is 11.4 Å². The number of hydrogen-bond acceptors (Lipinski definition) is 2. The Morgan fingerprint density at radius 2 is 2.05 bits per heavy atom. The van der Waals surface area contributed by atoms with Gasteiger partial charge in [-0.3, -0.25) is 4.79 Å². The average Bonchev–Trinajstić information content (AvgIpc) is 2.76. The molecule has 5 heteroatoms. The van der Waals surface area contributed by atoms with Gasteiger partial charge in [0.25, 0.3) is 0 Å². The molecule has 0 atom stereocenters. The standard InChI is InChI=1S/C16H13BrN2O2/c1-10-6-11(8-12(17)7-10)16-18-13-4-2-3-5-14(13)19(16)9-15(20)21/h2-8H,9H2,1H3,(H,20,21). The first kappa shape index (κ1) is 13.8. The summed E-state index contributed by atoms with van der Waals surface area (Å²) in [5.74, 6) is -0.214. The molecule has 21 heavy (non-hydrogen) atoms. The number of hydrogen-bond donors (Lipinski definition) is 1. The van der Waals surface area contributed by atoms with E-state index in [-0.39, 0.29) is 6.54 Å². The average molecular weight is 345 g/mol. The molecule has 1 heterocycles. The van der Waals surface area contributed by atoms with Crippen molar-refractivity contribution in [3.63, 3.8) is 0 Å². The van der Waals surface area contributed by atoms with Crippen molar-refractivity contribution in [3.05, 3.63) is 52.5 Å². The molecule has 0 saturated carbocycles. The number of fused-ring (bicyclic) bond motifs is 1. The zero-order chi connectivity index (χ0) is 15.0. The minimum atomic E-state index is -0.883. The molecule has 1 aromatic heterocycles. The van der Waals surface area contributed by atoms with Gasteiger partial charge in [-0.05, 0) is 42.8 Å². The molecule has 0 aliphatic rings. The monoisotopic (exact) mass is 344 g/mol. The van der Waals surface area contributed by atoms with Crippen LogP contribution in [-0.2, 0) is 11.3 Å². The smallest absolute Gasteiger partial charge is 0.323 e. The third kappa shape index (κ3) is 2.69. The number of nitrogens with zero attached hydrogens (tertiary/aromatic N) is 2. The van der Waals surface area contributed by atoms with Crippen molar-refractivity contribution in [1.82, 2.24) is 9.55 Å². The second-order valence-electron chi connectivity index (χ2n) is 4.92. The highest BCUT2D eigenvalue weighted by atomic mass is 79.9. The van der Waals surface area contributed by atoms with E-state index >= 15 is 0 Å². The number of carbonyl (C=O) groups is 1. The van der Waals surface area contributed by atoms with Gasteiger partial charge in [-0.1, -0.05) is 28.1 Å². The third-order valence-corrected chi connectivity index (χ3v) is 3.71. The van der Waals surface area contributed by atoms with Crippen LogP contribution in [0, 0.1) is 6.92 Å². The van der Waals surface area contributed by atoms with Crippen molar-refractivity contribution in [2.24, 2.45) is 0 Å². The van der Waals surface area contributed by atoms with E-state index in [1.54, 1.807) is 4.57 Å². The molecule has 4 nitrogen and oxygen atoms in total. The van der Waals surface area contributed by atoms with Gasteiger partial charge in [0.1, 0.15) is 12.4 Å². The molecule has 0 fully saturated rings. The lowest BCUT2D eigenvalue weighted by molar-refractivity contribution is -0.137. The Hall–Kier alpha value is -2.14. The Kier molecular flexibility index (Phi) is 3.51. The van der Waals surface area contributed by atoms with Gasteiger partial charge in [0.2, 0.25) is 0 Å². The first-order valence-electron chi connectivity index (χ1n) is 6.49. The van der Waals surface area contributed by atoms with E-state index in [1.807, 2.05) is 49.4 Å². The maximum Gasteiger partial charge on any atom is 0.323 e. The van der Waals surface area contributed by atoms with Crippen LogP contribution < -0.4 is 0 Å². The Morgan fingerprint density at radius 1 is 1.29 bits per heavy atom. The minimum Gasteiger partial charge on any atom is -0.480 e. The fourth-order valence-corrected chi connectivity index (χ4v) is 3.06. The van der Waals surface area contributed by atoms with Gasteiger partial charge >= 0.3 is 5.97 Å². The van der Waals surface area contributed by atoms with E-state index in [0.717, 1.165) is 26.6 Å². The van der Waals surface area contributed by atoms with Crippen LogP contribution in [0.4, 0.5) is 0 Å². The number of rotatable bonds is 3. The predicted octanol–water partition coefficient (Wildman–Crippen LogP) is 3.86. The van der Waals surface area contributed by atoms with Crippen molar-refractivity contribution >= 4 is 32.9 Å². The summed E-state index contributed by atoms with van der Waals surface area (Å²) in [5.41, 5.74) is 3.62. The highest BCUT2D eigenvalue weighted by Crippen LogP contribution is 2.28. The number of halogens is 1. The highest BCUT2D eigenvalue weighted by molar-refractivity contribution is 9.10. The topological polar surface area (TPSA) is 55.1 Å². The fourth-order valence-electron chi connectivity index (χ4n) is 2.46. The number of benzene rings is 2. The van der Waals surface area contributed by atoms with Crippen molar-refractivity contribution in [2.75, 3.05) is 0 Å². The SMILES string of the molecule is Cc1cc(Br)cc(-c2nc3ccccc3n2CC(=O)O)c1. The lowest BCUT2D eigenvalue weighted by Gasteiger charge is -2.08. The van der Waals surface area contributed by atoms with E-state index in [9.17, 15) is 4.79 Å². The fraction of sp³-hybridized carbons (Fsp3) is 0.125.